The fourth-order valence-corrected chi connectivity index (χ4v) is 8.70. The normalized spacial score (nSPS) is 11.7. The largest absolute Gasteiger partial charge is 0.493 e. The zero-order chi connectivity index (χ0) is 36.0. The molecule has 9 heteroatoms. The molecular weight excluding hydrogens is 680 g/mol. The standard InChI is InChI=1S/C42H41ClN2O5S/c1-3-29-16-11-17-30(4-2)41(29)51(48,49)44-26-24-39-36(25-27-50-35-21-18-33(19-22-35)42(46)47)37-28-34(43)20-23-38(37)45(39)40(31-12-7-5-8-13-31)32-14-9-6-10-15-32/h5-23,28,40,44H,3-4,24-27H2,1-2H3,(H,46,47). The van der Waals surface area contributed by atoms with Crippen molar-refractivity contribution in [1.82, 2.24) is 9.29 Å². The van der Waals surface area contributed by atoms with Crippen LogP contribution in [0, 0.1) is 0 Å². The van der Waals surface area contributed by atoms with Gasteiger partial charge in [0.25, 0.3) is 0 Å². The molecule has 0 unspecified atom stereocenters. The number of fused-ring (bicyclic) bond motifs is 1. The molecule has 0 aliphatic rings. The minimum atomic E-state index is -3.81. The van der Waals surface area contributed by atoms with Crippen LogP contribution >= 0.6 is 11.6 Å². The van der Waals surface area contributed by atoms with Gasteiger partial charge in [0.15, 0.2) is 0 Å². The molecule has 2 N–H and O–H groups in total. The van der Waals surface area contributed by atoms with Crippen LogP contribution in [0.5, 0.6) is 5.75 Å². The van der Waals surface area contributed by atoms with Crippen LogP contribution in [-0.4, -0.2) is 37.2 Å². The van der Waals surface area contributed by atoms with E-state index in [4.69, 9.17) is 16.3 Å². The van der Waals surface area contributed by atoms with Gasteiger partial charge in [0.2, 0.25) is 10.0 Å². The molecule has 0 radical (unpaired) electrons. The number of carboxylic acid groups (broad SMARTS) is 1. The maximum atomic E-state index is 13.9. The maximum Gasteiger partial charge on any atom is 0.335 e. The SMILES string of the molecule is CCc1cccc(CC)c1S(=O)(=O)NCCc1c(CCOc2ccc(C(=O)O)cc2)c2cc(Cl)ccc2n1C(c1ccccc1)c1ccccc1. The van der Waals surface area contributed by atoms with Crippen molar-refractivity contribution < 1.29 is 23.1 Å². The van der Waals surface area contributed by atoms with E-state index in [0.29, 0.717) is 48.0 Å². The Labute approximate surface area is 304 Å². The van der Waals surface area contributed by atoms with E-state index < -0.39 is 16.0 Å². The van der Waals surface area contributed by atoms with Crippen molar-refractivity contribution in [2.75, 3.05) is 13.2 Å². The van der Waals surface area contributed by atoms with Crippen LogP contribution in [0.15, 0.2) is 126 Å². The fourth-order valence-electron chi connectivity index (χ4n) is 6.89. The van der Waals surface area contributed by atoms with Gasteiger partial charge in [-0.3, -0.25) is 0 Å². The van der Waals surface area contributed by atoms with E-state index >= 15 is 0 Å². The van der Waals surface area contributed by atoms with Crippen LogP contribution in [-0.2, 0) is 35.7 Å². The first-order valence-electron chi connectivity index (χ1n) is 17.2. The molecule has 51 heavy (non-hydrogen) atoms. The van der Waals surface area contributed by atoms with Gasteiger partial charge in [0, 0.05) is 41.0 Å². The first-order chi connectivity index (χ1) is 24.7. The molecule has 1 heterocycles. The summed E-state index contributed by atoms with van der Waals surface area (Å²) in [5.74, 6) is -0.439. The monoisotopic (exact) mass is 720 g/mol. The summed E-state index contributed by atoms with van der Waals surface area (Å²) >= 11 is 6.65. The molecule has 0 atom stereocenters. The van der Waals surface area contributed by atoms with E-state index in [1.54, 1.807) is 12.1 Å². The van der Waals surface area contributed by atoms with Crippen LogP contribution in [0.4, 0.5) is 0 Å². The molecule has 0 spiro atoms. The van der Waals surface area contributed by atoms with Gasteiger partial charge in [-0.15, -0.1) is 0 Å². The highest BCUT2D eigenvalue weighted by molar-refractivity contribution is 7.89. The minimum Gasteiger partial charge on any atom is -0.493 e. The number of rotatable bonds is 15. The zero-order valence-corrected chi connectivity index (χ0v) is 30.3. The second-order valence-electron chi connectivity index (χ2n) is 12.4. The van der Waals surface area contributed by atoms with Crippen LogP contribution in [0.1, 0.15) is 63.8 Å². The number of sulfonamides is 1. The van der Waals surface area contributed by atoms with E-state index in [1.165, 1.54) is 12.1 Å². The number of halogens is 1. The number of ether oxygens (including phenoxy) is 1. The van der Waals surface area contributed by atoms with Gasteiger partial charge >= 0.3 is 5.97 Å². The van der Waals surface area contributed by atoms with Crippen LogP contribution in [0.25, 0.3) is 10.9 Å². The van der Waals surface area contributed by atoms with Crippen molar-refractivity contribution in [3.63, 3.8) is 0 Å². The third-order valence-electron chi connectivity index (χ3n) is 9.26. The smallest absolute Gasteiger partial charge is 0.335 e. The first kappa shape index (κ1) is 35.9. The Hall–Kier alpha value is -4.89. The van der Waals surface area contributed by atoms with Crippen molar-refractivity contribution in [2.45, 2.75) is 50.5 Å². The van der Waals surface area contributed by atoms with E-state index in [1.807, 2.05) is 86.6 Å². The fraction of sp³-hybridized carbons (Fsp3) is 0.214. The van der Waals surface area contributed by atoms with Gasteiger partial charge < -0.3 is 14.4 Å². The first-order valence-corrected chi connectivity index (χ1v) is 19.1. The third-order valence-corrected chi connectivity index (χ3v) is 11.1. The Morgan fingerprint density at radius 1 is 0.804 bits per heavy atom. The number of benzene rings is 5. The van der Waals surface area contributed by atoms with E-state index in [2.05, 4.69) is 33.6 Å². The molecule has 0 aliphatic heterocycles. The lowest BCUT2D eigenvalue weighted by atomic mass is 9.97. The van der Waals surface area contributed by atoms with Gasteiger partial charge in [-0.1, -0.05) is 104 Å². The second-order valence-corrected chi connectivity index (χ2v) is 14.5. The van der Waals surface area contributed by atoms with Crippen molar-refractivity contribution in [2.24, 2.45) is 0 Å². The number of aromatic carboxylic acids is 1. The van der Waals surface area contributed by atoms with Gasteiger partial charge in [0.1, 0.15) is 5.75 Å². The van der Waals surface area contributed by atoms with Gasteiger partial charge in [-0.05, 0) is 83.1 Å². The number of aromatic nitrogens is 1. The number of aryl methyl sites for hydroxylation is 2. The number of nitrogens with one attached hydrogen (secondary N) is 1. The predicted molar refractivity (Wildman–Crippen MR) is 204 cm³/mol. The van der Waals surface area contributed by atoms with Crippen LogP contribution < -0.4 is 9.46 Å². The number of carbonyl (C=O) groups is 1. The molecule has 0 saturated carbocycles. The van der Waals surface area contributed by atoms with E-state index in [9.17, 15) is 18.3 Å². The topological polar surface area (TPSA) is 97.6 Å². The van der Waals surface area contributed by atoms with Gasteiger partial charge in [-0.2, -0.15) is 0 Å². The molecule has 6 rings (SSSR count). The molecular formula is C42H41ClN2O5S. The average Bonchev–Trinajstić information content (AvgIpc) is 3.43. The summed E-state index contributed by atoms with van der Waals surface area (Å²) in [5.41, 5.74) is 6.91. The van der Waals surface area contributed by atoms with E-state index in [-0.39, 0.29) is 18.2 Å². The highest BCUT2D eigenvalue weighted by Crippen LogP contribution is 2.38. The Bertz CT molecular complexity index is 2170. The summed E-state index contributed by atoms with van der Waals surface area (Å²) in [5, 5.41) is 10.9. The molecule has 0 saturated heterocycles. The van der Waals surface area contributed by atoms with Crippen molar-refractivity contribution in [3.8, 4) is 5.75 Å². The molecule has 262 valence electrons. The maximum absolute atomic E-state index is 13.9. The van der Waals surface area contributed by atoms with E-state index in [0.717, 1.165) is 44.4 Å². The van der Waals surface area contributed by atoms with Crippen LogP contribution in [0.3, 0.4) is 0 Å². The number of carboxylic acids is 1. The molecule has 6 aromatic rings. The lowest BCUT2D eigenvalue weighted by molar-refractivity contribution is 0.0697. The molecule has 0 bridgehead atoms. The second kappa shape index (κ2) is 16.0. The third kappa shape index (κ3) is 7.89. The minimum absolute atomic E-state index is 0.175. The highest BCUT2D eigenvalue weighted by Gasteiger charge is 2.27. The molecule has 0 amide bonds. The van der Waals surface area contributed by atoms with Crippen molar-refractivity contribution in [3.05, 3.63) is 165 Å². The highest BCUT2D eigenvalue weighted by atomic mass is 35.5. The molecule has 0 fully saturated rings. The summed E-state index contributed by atoms with van der Waals surface area (Å²) in [6.45, 7) is 4.43. The Kier molecular flexibility index (Phi) is 11.3. The zero-order valence-electron chi connectivity index (χ0n) is 28.7. The van der Waals surface area contributed by atoms with Gasteiger partial charge in [-0.25, -0.2) is 17.9 Å². The number of nitrogens with zero attached hydrogens (tertiary/aromatic N) is 1. The quantitative estimate of drug-likeness (QED) is 0.110. The molecule has 0 aliphatic carbocycles. The Morgan fingerprint density at radius 2 is 1.41 bits per heavy atom. The summed E-state index contributed by atoms with van der Waals surface area (Å²) in [6, 6.07) is 38.3. The summed E-state index contributed by atoms with van der Waals surface area (Å²) in [4.78, 5) is 11.7. The summed E-state index contributed by atoms with van der Waals surface area (Å²) in [7, 11) is -3.81. The predicted octanol–water partition coefficient (Wildman–Crippen LogP) is 8.90. The van der Waals surface area contributed by atoms with Crippen molar-refractivity contribution in [1.29, 1.82) is 0 Å². The molecule has 5 aromatic carbocycles. The molecule has 1 aromatic heterocycles. The number of hydrogen-bond acceptors (Lipinski definition) is 4. The van der Waals surface area contributed by atoms with Crippen LogP contribution in [0.2, 0.25) is 5.02 Å². The molecule has 7 nitrogen and oxygen atoms in total. The average molecular weight is 721 g/mol. The Morgan fingerprint density at radius 3 is 1.98 bits per heavy atom. The van der Waals surface area contributed by atoms with Gasteiger partial charge in [0.05, 0.1) is 23.1 Å². The Balaban J connectivity index is 1.44. The lowest BCUT2D eigenvalue weighted by Crippen LogP contribution is -2.29. The number of hydrogen-bond donors (Lipinski definition) is 2. The summed E-state index contributed by atoms with van der Waals surface area (Å²) < 4.78 is 39.3. The lowest BCUT2D eigenvalue weighted by Gasteiger charge is -2.25. The summed E-state index contributed by atoms with van der Waals surface area (Å²) in [6.07, 6.45) is 2.12. The van der Waals surface area contributed by atoms with Crippen molar-refractivity contribution >= 4 is 38.5 Å².